The van der Waals surface area contributed by atoms with Crippen molar-refractivity contribution < 1.29 is 18.0 Å². The largest absolute Gasteiger partial charge is 0.342 e. The summed E-state index contributed by atoms with van der Waals surface area (Å²) in [5, 5.41) is 2.32. The topological polar surface area (TPSA) is 83.6 Å². The first-order chi connectivity index (χ1) is 10.9. The Morgan fingerprint density at radius 3 is 2.83 bits per heavy atom. The van der Waals surface area contributed by atoms with Gasteiger partial charge in [-0.3, -0.25) is 9.59 Å². The number of fused-ring (bicyclic) bond motifs is 1. The van der Waals surface area contributed by atoms with Crippen LogP contribution >= 0.6 is 11.8 Å². The van der Waals surface area contributed by atoms with Crippen LogP contribution in [0.25, 0.3) is 0 Å². The molecule has 2 amide bonds. The van der Waals surface area contributed by atoms with E-state index in [0.717, 1.165) is 10.6 Å². The molecule has 1 N–H and O–H groups in total. The number of hydrogen-bond donors (Lipinski definition) is 1. The van der Waals surface area contributed by atoms with Crippen molar-refractivity contribution in [3.63, 3.8) is 0 Å². The van der Waals surface area contributed by atoms with Crippen LogP contribution in [0.2, 0.25) is 0 Å². The van der Waals surface area contributed by atoms with E-state index in [1.807, 2.05) is 24.3 Å². The summed E-state index contributed by atoms with van der Waals surface area (Å²) < 4.78 is 23.1. The number of nitrogens with zero attached hydrogens (tertiary/aromatic N) is 1. The summed E-state index contributed by atoms with van der Waals surface area (Å²) in [6, 6.07) is 7.19. The lowest BCUT2D eigenvalue weighted by Crippen LogP contribution is -2.41. The molecule has 0 aliphatic carbocycles. The molecule has 2 aliphatic rings. The van der Waals surface area contributed by atoms with Gasteiger partial charge in [-0.25, -0.2) is 8.42 Å². The van der Waals surface area contributed by atoms with Crippen molar-refractivity contribution in [2.45, 2.75) is 29.0 Å². The first-order valence-corrected chi connectivity index (χ1v) is 10.1. The smallest absolute Gasteiger partial charge is 0.238 e. The minimum Gasteiger partial charge on any atom is -0.342 e. The molecular formula is C15H18N2O4S2. The molecule has 2 atom stereocenters. The molecule has 0 spiro atoms. The van der Waals surface area contributed by atoms with Crippen LogP contribution in [0.15, 0.2) is 29.2 Å². The highest BCUT2D eigenvalue weighted by atomic mass is 32.2. The van der Waals surface area contributed by atoms with Crippen molar-refractivity contribution >= 4 is 39.1 Å². The molecule has 6 nitrogen and oxygen atoms in total. The van der Waals surface area contributed by atoms with Crippen LogP contribution in [0.3, 0.4) is 0 Å². The van der Waals surface area contributed by atoms with Crippen molar-refractivity contribution in [1.82, 2.24) is 4.90 Å². The summed E-state index contributed by atoms with van der Waals surface area (Å²) in [7, 11) is -1.42. The minimum absolute atomic E-state index is 0.0160. The predicted molar refractivity (Wildman–Crippen MR) is 89.2 cm³/mol. The van der Waals surface area contributed by atoms with Crippen LogP contribution in [-0.2, 0) is 19.4 Å². The zero-order valence-electron chi connectivity index (χ0n) is 12.7. The van der Waals surface area contributed by atoms with Crippen molar-refractivity contribution in [1.29, 1.82) is 0 Å². The maximum Gasteiger partial charge on any atom is 0.238 e. The van der Waals surface area contributed by atoms with Crippen molar-refractivity contribution in [3.05, 3.63) is 24.3 Å². The fraction of sp³-hybridized carbons (Fsp3) is 0.467. The van der Waals surface area contributed by atoms with Crippen LogP contribution in [0.5, 0.6) is 0 Å². The number of amides is 2. The lowest BCUT2D eigenvalue weighted by Gasteiger charge is -2.27. The second-order valence-corrected chi connectivity index (χ2v) is 9.33. The molecule has 1 fully saturated rings. The number of carbonyl (C=O) groups is 2. The average Bonchev–Trinajstić information content (AvgIpc) is 2.87. The highest BCUT2D eigenvalue weighted by Crippen LogP contribution is 2.36. The third-order valence-corrected chi connectivity index (χ3v) is 7.24. The minimum atomic E-state index is -3.04. The van der Waals surface area contributed by atoms with E-state index >= 15 is 0 Å². The molecule has 8 heteroatoms. The fourth-order valence-electron chi connectivity index (χ4n) is 2.81. The highest BCUT2D eigenvalue weighted by Gasteiger charge is 2.35. The van der Waals surface area contributed by atoms with Gasteiger partial charge < -0.3 is 10.2 Å². The second kappa shape index (κ2) is 6.16. The van der Waals surface area contributed by atoms with E-state index < -0.39 is 15.1 Å². The first kappa shape index (κ1) is 16.3. The van der Waals surface area contributed by atoms with Gasteiger partial charge in [0.25, 0.3) is 0 Å². The zero-order valence-corrected chi connectivity index (χ0v) is 14.3. The van der Waals surface area contributed by atoms with Gasteiger partial charge in [0, 0.05) is 24.4 Å². The monoisotopic (exact) mass is 354 g/mol. The number of sulfone groups is 1. The molecule has 0 aromatic heterocycles. The molecular weight excluding hydrogens is 336 g/mol. The number of carbonyl (C=O) groups excluding carboxylic acids is 2. The number of thioether (sulfide) groups is 1. The van der Waals surface area contributed by atoms with Crippen molar-refractivity contribution in [2.75, 3.05) is 23.9 Å². The van der Waals surface area contributed by atoms with Gasteiger partial charge in [0.05, 0.1) is 22.4 Å². The quantitative estimate of drug-likeness (QED) is 0.880. The van der Waals surface area contributed by atoms with E-state index in [1.54, 1.807) is 7.05 Å². The molecule has 2 aliphatic heterocycles. The number of benzene rings is 1. The Hall–Kier alpha value is -1.54. The summed E-state index contributed by atoms with van der Waals surface area (Å²) >= 11 is 1.38. The van der Waals surface area contributed by atoms with Gasteiger partial charge in [-0.15, -0.1) is 11.8 Å². The number of para-hydroxylation sites is 1. The lowest BCUT2D eigenvalue weighted by atomic mass is 10.2. The first-order valence-electron chi connectivity index (χ1n) is 7.38. The van der Waals surface area contributed by atoms with Gasteiger partial charge in [-0.05, 0) is 18.6 Å². The molecule has 0 bridgehead atoms. The van der Waals surface area contributed by atoms with Crippen molar-refractivity contribution in [3.8, 4) is 0 Å². The zero-order chi connectivity index (χ0) is 16.6. The van der Waals surface area contributed by atoms with E-state index in [4.69, 9.17) is 0 Å². The average molecular weight is 354 g/mol. The molecule has 1 aromatic carbocycles. The molecule has 1 aromatic rings. The van der Waals surface area contributed by atoms with Crippen molar-refractivity contribution in [2.24, 2.45) is 0 Å². The SMILES string of the molecule is CN(C(=O)CC1Sc2ccccc2NC1=O)C1CCS(=O)(=O)C1. The number of anilines is 1. The van der Waals surface area contributed by atoms with Crippen LogP contribution in [0.1, 0.15) is 12.8 Å². The maximum absolute atomic E-state index is 12.4. The van der Waals surface area contributed by atoms with Gasteiger partial charge in [0.15, 0.2) is 9.84 Å². The Morgan fingerprint density at radius 1 is 1.39 bits per heavy atom. The normalized spacial score (nSPS) is 25.5. The summed E-state index contributed by atoms with van der Waals surface area (Å²) in [5.41, 5.74) is 0.765. The van der Waals surface area contributed by atoms with E-state index in [-0.39, 0.29) is 35.8 Å². The van der Waals surface area contributed by atoms with Gasteiger partial charge in [-0.2, -0.15) is 0 Å². The number of nitrogens with one attached hydrogen (secondary N) is 1. The van der Waals surface area contributed by atoms with Crippen LogP contribution in [0, 0.1) is 0 Å². The van der Waals surface area contributed by atoms with Gasteiger partial charge in [-0.1, -0.05) is 12.1 Å². The molecule has 124 valence electrons. The summed E-state index contributed by atoms with van der Waals surface area (Å²) in [5.74, 6) is -0.239. The molecule has 23 heavy (non-hydrogen) atoms. The summed E-state index contributed by atoms with van der Waals surface area (Å²) in [6.07, 6.45) is 0.537. The Balaban J connectivity index is 1.65. The van der Waals surface area contributed by atoms with Gasteiger partial charge in [0.2, 0.25) is 11.8 Å². The third kappa shape index (κ3) is 3.53. The van der Waals surface area contributed by atoms with E-state index in [1.165, 1.54) is 16.7 Å². The predicted octanol–water partition coefficient (Wildman–Crippen LogP) is 1.14. The highest BCUT2D eigenvalue weighted by molar-refractivity contribution is 8.01. The lowest BCUT2D eigenvalue weighted by molar-refractivity contribution is -0.132. The Kier molecular flexibility index (Phi) is 4.37. The molecule has 0 radical (unpaired) electrons. The molecule has 3 rings (SSSR count). The molecule has 2 unspecified atom stereocenters. The second-order valence-electron chi connectivity index (χ2n) is 5.86. The Morgan fingerprint density at radius 2 is 2.13 bits per heavy atom. The third-order valence-electron chi connectivity index (χ3n) is 4.22. The fourth-order valence-corrected chi connectivity index (χ4v) is 5.69. The maximum atomic E-state index is 12.4. The van der Waals surface area contributed by atoms with Crippen LogP contribution < -0.4 is 5.32 Å². The van der Waals surface area contributed by atoms with E-state index in [2.05, 4.69) is 5.32 Å². The Bertz CT molecular complexity index is 748. The summed E-state index contributed by atoms with van der Waals surface area (Å²) in [4.78, 5) is 27.0. The Labute approximate surface area is 139 Å². The standard InChI is InChI=1S/C15H18N2O4S2/c1-17(10-6-7-23(20,21)9-10)14(18)8-13-15(19)16-11-4-2-3-5-12(11)22-13/h2-5,10,13H,6-9H2,1H3,(H,16,19). The van der Waals surface area contributed by atoms with Crippen LogP contribution in [-0.4, -0.2) is 55.0 Å². The molecule has 1 saturated heterocycles. The molecule has 2 heterocycles. The summed E-state index contributed by atoms with van der Waals surface area (Å²) in [6.45, 7) is 0. The number of hydrogen-bond acceptors (Lipinski definition) is 5. The van der Waals surface area contributed by atoms with E-state index in [0.29, 0.717) is 6.42 Å². The molecule has 0 saturated carbocycles. The van der Waals surface area contributed by atoms with Crippen LogP contribution in [0.4, 0.5) is 5.69 Å². The van der Waals surface area contributed by atoms with E-state index in [9.17, 15) is 18.0 Å². The van der Waals surface area contributed by atoms with Gasteiger partial charge >= 0.3 is 0 Å². The van der Waals surface area contributed by atoms with Gasteiger partial charge in [0.1, 0.15) is 0 Å². The number of rotatable bonds is 3.